The molecule has 0 spiro atoms. The van der Waals surface area contributed by atoms with Gasteiger partial charge < -0.3 is 24.4 Å². The minimum atomic E-state index is -0.741. The Bertz CT molecular complexity index is 1950. The first kappa shape index (κ1) is 40.1. The van der Waals surface area contributed by atoms with E-state index in [1.165, 1.54) is 12.1 Å². The second-order valence-corrected chi connectivity index (χ2v) is 15.9. The van der Waals surface area contributed by atoms with E-state index in [2.05, 4.69) is 16.4 Å². The van der Waals surface area contributed by atoms with Gasteiger partial charge in [0.2, 0.25) is 0 Å². The van der Waals surface area contributed by atoms with Gasteiger partial charge in [0, 0.05) is 46.9 Å². The molecule has 2 amide bonds. The molecule has 11 heteroatoms. The van der Waals surface area contributed by atoms with Gasteiger partial charge in [-0.15, -0.1) is 0 Å². The number of pyridine rings is 1. The molecule has 1 aromatic heterocycles. The lowest BCUT2D eigenvalue weighted by Crippen LogP contribution is -2.49. The predicted octanol–water partition coefficient (Wildman–Crippen LogP) is 10.2. The summed E-state index contributed by atoms with van der Waals surface area (Å²) in [5.74, 6) is -1.14. The summed E-state index contributed by atoms with van der Waals surface area (Å²) in [7, 11) is 0. The zero-order valence-corrected chi connectivity index (χ0v) is 32.5. The zero-order valence-electron chi connectivity index (χ0n) is 31.7. The average Bonchev–Trinajstić information content (AvgIpc) is 3.11. The fourth-order valence-electron chi connectivity index (χ4n) is 6.60. The molecule has 4 aromatic rings. The van der Waals surface area contributed by atoms with Gasteiger partial charge in [-0.3, -0.25) is 4.98 Å². The number of amides is 2. The van der Waals surface area contributed by atoms with Crippen LogP contribution in [-0.2, 0) is 16.1 Å². The average molecular weight is 755 g/mol. The molecule has 5 rings (SSSR count). The molecule has 0 radical (unpaired) electrons. The smallest absolute Gasteiger partial charge is 0.410 e. The number of aromatic nitrogens is 1. The van der Waals surface area contributed by atoms with Crippen molar-refractivity contribution in [1.82, 2.24) is 15.2 Å². The molecule has 0 saturated heterocycles. The van der Waals surface area contributed by atoms with Crippen LogP contribution in [0.2, 0.25) is 5.02 Å². The number of carbonyl (C=O) groups is 2. The molecule has 9 nitrogen and oxygen atoms in total. The Labute approximate surface area is 322 Å². The van der Waals surface area contributed by atoms with Crippen molar-refractivity contribution in [2.45, 2.75) is 103 Å². The minimum absolute atomic E-state index is 0.0227. The summed E-state index contributed by atoms with van der Waals surface area (Å²) < 4.78 is 33.7. The fraction of sp³-hybridized carbons (Fsp3) is 0.395. The highest BCUT2D eigenvalue weighted by atomic mass is 35.5. The van der Waals surface area contributed by atoms with Crippen LogP contribution in [0.15, 0.2) is 85.1 Å². The molecule has 1 saturated carbocycles. The van der Waals surface area contributed by atoms with Crippen LogP contribution in [0.25, 0.3) is 11.1 Å². The second kappa shape index (κ2) is 17.3. The summed E-state index contributed by atoms with van der Waals surface area (Å²) in [5.41, 5.74) is 1.40. The van der Waals surface area contributed by atoms with Gasteiger partial charge in [0.05, 0.1) is 17.3 Å². The van der Waals surface area contributed by atoms with Crippen molar-refractivity contribution in [3.05, 3.63) is 118 Å². The van der Waals surface area contributed by atoms with Crippen LogP contribution in [0.5, 0.6) is 5.75 Å². The number of halogens is 2. The highest BCUT2D eigenvalue weighted by molar-refractivity contribution is 6.33. The van der Waals surface area contributed by atoms with Crippen molar-refractivity contribution in [3.63, 3.8) is 0 Å². The molecule has 1 unspecified atom stereocenters. The lowest BCUT2D eigenvalue weighted by molar-refractivity contribution is 0.00941. The first-order valence-electron chi connectivity index (χ1n) is 18.2. The summed E-state index contributed by atoms with van der Waals surface area (Å²) >= 11 is 6.79. The summed E-state index contributed by atoms with van der Waals surface area (Å²) in [6.07, 6.45) is 3.30. The molecular weight excluding hydrogens is 707 g/mol. The molecule has 1 atom stereocenters. The number of benzene rings is 3. The lowest BCUT2D eigenvalue weighted by atomic mass is 9.86. The van der Waals surface area contributed by atoms with Gasteiger partial charge in [-0.2, -0.15) is 5.26 Å². The quantitative estimate of drug-likeness (QED) is 0.171. The van der Waals surface area contributed by atoms with E-state index < -0.39 is 29.2 Å². The number of nitrogens with zero attached hydrogens (tertiary/aromatic N) is 3. The third-order valence-corrected chi connectivity index (χ3v) is 9.39. The molecule has 1 fully saturated rings. The van der Waals surface area contributed by atoms with E-state index in [4.69, 9.17) is 25.8 Å². The molecule has 3 aromatic carbocycles. The summed E-state index contributed by atoms with van der Waals surface area (Å²) in [5, 5.41) is 13.3. The van der Waals surface area contributed by atoms with Crippen LogP contribution >= 0.6 is 11.6 Å². The van der Waals surface area contributed by atoms with Crippen molar-refractivity contribution in [1.29, 1.82) is 5.26 Å². The van der Waals surface area contributed by atoms with Crippen LogP contribution < -0.4 is 10.1 Å². The Morgan fingerprint density at radius 2 is 1.61 bits per heavy atom. The van der Waals surface area contributed by atoms with Crippen LogP contribution in [0.3, 0.4) is 0 Å². The van der Waals surface area contributed by atoms with Gasteiger partial charge in [0.15, 0.2) is 11.6 Å². The molecule has 284 valence electrons. The molecule has 0 aliphatic heterocycles. The molecular formula is C43H48ClFN4O5. The monoisotopic (exact) mass is 754 g/mol. The van der Waals surface area contributed by atoms with Crippen LogP contribution in [0.1, 0.15) is 95.5 Å². The molecule has 1 heterocycles. The largest absolute Gasteiger partial charge is 0.484 e. The van der Waals surface area contributed by atoms with E-state index in [9.17, 15) is 14.9 Å². The van der Waals surface area contributed by atoms with Gasteiger partial charge in [-0.05, 0) is 115 Å². The molecule has 1 aliphatic rings. The van der Waals surface area contributed by atoms with E-state index in [0.717, 1.165) is 11.1 Å². The lowest BCUT2D eigenvalue weighted by Gasteiger charge is -2.39. The first-order valence-corrected chi connectivity index (χ1v) is 18.6. The number of nitriles is 1. The number of nitrogens with one attached hydrogen (secondary N) is 1. The summed E-state index contributed by atoms with van der Waals surface area (Å²) in [4.78, 5) is 32.6. The number of carbonyl (C=O) groups excluding carboxylic acids is 2. The van der Waals surface area contributed by atoms with E-state index >= 15 is 4.39 Å². The first-order chi connectivity index (χ1) is 25.6. The third kappa shape index (κ3) is 10.7. The Balaban J connectivity index is 1.49. The number of hydrogen-bond donors (Lipinski definition) is 1. The Hall–Kier alpha value is -5.14. The third-order valence-electron chi connectivity index (χ3n) is 9.06. The molecule has 1 aliphatic carbocycles. The number of rotatable bonds is 10. The van der Waals surface area contributed by atoms with Crippen molar-refractivity contribution in [2.75, 3.05) is 6.54 Å². The van der Waals surface area contributed by atoms with Gasteiger partial charge in [-0.25, -0.2) is 14.0 Å². The SMILES string of the molecule is CC(C)(C)OC(=O)NC1CCC(N(CC(c2ccccc2)c2ccc(Cl)c(-c3c(C#N)ccc(OCc4ccccn4)c3F)c2)C(=O)OC(C)(C)C)CC1. The van der Waals surface area contributed by atoms with E-state index in [-0.39, 0.29) is 53.1 Å². The topological polar surface area (TPSA) is 114 Å². The summed E-state index contributed by atoms with van der Waals surface area (Å²) in [6.45, 7) is 11.3. The maximum absolute atomic E-state index is 16.4. The van der Waals surface area contributed by atoms with Crippen molar-refractivity contribution in [3.8, 4) is 22.9 Å². The number of alkyl carbamates (subject to hydrolysis) is 1. The fourth-order valence-corrected chi connectivity index (χ4v) is 6.81. The Morgan fingerprint density at radius 3 is 2.24 bits per heavy atom. The predicted molar refractivity (Wildman–Crippen MR) is 207 cm³/mol. The van der Waals surface area contributed by atoms with Gasteiger partial charge in [0.1, 0.15) is 17.8 Å². The standard InChI is InChI=1S/C43H48ClFN4O5/c1-42(2,3)53-40(50)48-31-17-19-33(20-18-31)49(41(51)54-43(4,5)6)26-35(28-12-8-7-9-13-28)29-15-21-36(44)34(24-29)38-30(25-46)16-22-37(39(38)45)52-27-32-14-10-11-23-47-32/h7-16,21-24,31,33,35H,17-20,26-27H2,1-6H3,(H,48,50). The van der Waals surface area contributed by atoms with Crippen LogP contribution in [0, 0.1) is 17.1 Å². The highest BCUT2D eigenvalue weighted by Gasteiger charge is 2.35. The van der Waals surface area contributed by atoms with Crippen LogP contribution in [-0.4, -0.2) is 51.9 Å². The normalized spacial score (nSPS) is 16.4. The van der Waals surface area contributed by atoms with Crippen molar-refractivity contribution < 1.29 is 28.2 Å². The Morgan fingerprint density at radius 1 is 0.926 bits per heavy atom. The maximum atomic E-state index is 16.4. The molecule has 0 bridgehead atoms. The van der Waals surface area contributed by atoms with Gasteiger partial charge >= 0.3 is 12.2 Å². The molecule has 54 heavy (non-hydrogen) atoms. The Kier molecular flexibility index (Phi) is 12.9. The van der Waals surface area contributed by atoms with Gasteiger partial charge in [0.25, 0.3) is 0 Å². The van der Waals surface area contributed by atoms with E-state index in [0.29, 0.717) is 36.9 Å². The number of hydrogen-bond acceptors (Lipinski definition) is 7. The van der Waals surface area contributed by atoms with E-state index in [1.54, 1.807) is 35.4 Å². The highest BCUT2D eigenvalue weighted by Crippen LogP contribution is 2.40. The maximum Gasteiger partial charge on any atom is 0.410 e. The summed E-state index contributed by atoms with van der Waals surface area (Å²) in [6, 6.07) is 25.3. The van der Waals surface area contributed by atoms with Crippen molar-refractivity contribution >= 4 is 23.8 Å². The minimum Gasteiger partial charge on any atom is -0.484 e. The second-order valence-electron chi connectivity index (χ2n) is 15.5. The zero-order chi connectivity index (χ0) is 39.0. The molecule has 1 N–H and O–H groups in total. The van der Waals surface area contributed by atoms with Crippen molar-refractivity contribution in [2.24, 2.45) is 0 Å². The van der Waals surface area contributed by atoms with Gasteiger partial charge in [-0.1, -0.05) is 54.1 Å². The number of ether oxygens (including phenoxy) is 3. The van der Waals surface area contributed by atoms with E-state index in [1.807, 2.05) is 84.0 Å². The van der Waals surface area contributed by atoms with Crippen LogP contribution in [0.4, 0.5) is 14.0 Å².